The number of nitrogens with zero attached hydrogens (tertiary/aromatic N) is 3. The SMILES string of the molecule is O=C(O)CSc1nc2cccnc2n1CC1CCCOC1. The van der Waals surface area contributed by atoms with Gasteiger partial charge in [0, 0.05) is 25.3 Å². The second kappa shape index (κ2) is 6.44. The maximum atomic E-state index is 10.8. The van der Waals surface area contributed by atoms with Crippen molar-refractivity contribution in [3.8, 4) is 0 Å². The monoisotopic (exact) mass is 307 g/mol. The molecule has 1 fully saturated rings. The first-order chi connectivity index (χ1) is 10.2. The Kier molecular flexibility index (Phi) is 4.40. The lowest BCUT2D eigenvalue weighted by Crippen LogP contribution is -2.22. The summed E-state index contributed by atoms with van der Waals surface area (Å²) in [5, 5.41) is 9.59. The Bertz CT molecular complexity index is 637. The number of fused-ring (bicyclic) bond motifs is 1. The van der Waals surface area contributed by atoms with E-state index in [-0.39, 0.29) is 5.75 Å². The molecule has 0 bridgehead atoms. The van der Waals surface area contributed by atoms with Crippen molar-refractivity contribution in [2.45, 2.75) is 24.5 Å². The number of hydrogen-bond acceptors (Lipinski definition) is 5. The van der Waals surface area contributed by atoms with Gasteiger partial charge < -0.3 is 14.4 Å². The molecule has 1 N–H and O–H groups in total. The van der Waals surface area contributed by atoms with E-state index in [1.165, 1.54) is 11.8 Å². The van der Waals surface area contributed by atoms with Crippen molar-refractivity contribution in [2.24, 2.45) is 5.92 Å². The van der Waals surface area contributed by atoms with E-state index in [0.29, 0.717) is 5.92 Å². The van der Waals surface area contributed by atoms with Crippen LogP contribution in [0.4, 0.5) is 0 Å². The van der Waals surface area contributed by atoms with Crippen LogP contribution in [0.15, 0.2) is 23.5 Å². The smallest absolute Gasteiger partial charge is 0.313 e. The Labute approximate surface area is 126 Å². The number of carboxylic acid groups (broad SMARTS) is 1. The van der Waals surface area contributed by atoms with Gasteiger partial charge in [0.05, 0.1) is 12.4 Å². The third-order valence-electron chi connectivity index (χ3n) is 3.49. The molecule has 1 atom stereocenters. The standard InChI is InChI=1S/C14H17N3O3S/c18-12(19)9-21-14-16-11-4-1-5-15-13(11)17(14)7-10-3-2-6-20-8-10/h1,4-5,10H,2-3,6-9H2,(H,18,19). The fraction of sp³-hybridized carbons (Fsp3) is 0.500. The van der Waals surface area contributed by atoms with Crippen LogP contribution in [-0.2, 0) is 16.1 Å². The van der Waals surface area contributed by atoms with Gasteiger partial charge in [0.25, 0.3) is 0 Å². The Morgan fingerprint density at radius 1 is 1.57 bits per heavy atom. The third-order valence-corrected chi connectivity index (χ3v) is 4.45. The van der Waals surface area contributed by atoms with Crippen molar-refractivity contribution >= 4 is 28.9 Å². The van der Waals surface area contributed by atoms with E-state index < -0.39 is 5.97 Å². The number of carbonyl (C=O) groups is 1. The second-order valence-corrected chi connectivity index (χ2v) is 6.06. The second-order valence-electron chi connectivity index (χ2n) is 5.12. The highest BCUT2D eigenvalue weighted by Crippen LogP contribution is 2.26. The van der Waals surface area contributed by atoms with E-state index in [9.17, 15) is 4.79 Å². The maximum absolute atomic E-state index is 10.8. The summed E-state index contributed by atoms with van der Waals surface area (Å²) in [6, 6.07) is 3.75. The Hall–Kier alpha value is -1.60. The van der Waals surface area contributed by atoms with Gasteiger partial charge in [-0.15, -0.1) is 0 Å². The number of thioether (sulfide) groups is 1. The molecule has 0 saturated carbocycles. The topological polar surface area (TPSA) is 77.2 Å². The number of aliphatic carboxylic acids is 1. The summed E-state index contributed by atoms with van der Waals surface area (Å²) in [5.74, 6) is -0.403. The van der Waals surface area contributed by atoms with Crippen molar-refractivity contribution in [3.63, 3.8) is 0 Å². The molecule has 21 heavy (non-hydrogen) atoms. The molecule has 1 aliphatic rings. The fourth-order valence-corrected chi connectivity index (χ4v) is 3.28. The molecule has 1 unspecified atom stereocenters. The maximum Gasteiger partial charge on any atom is 0.313 e. The van der Waals surface area contributed by atoms with E-state index in [4.69, 9.17) is 9.84 Å². The Balaban J connectivity index is 1.88. The normalized spacial score (nSPS) is 19.0. The lowest BCUT2D eigenvalue weighted by molar-refractivity contribution is -0.133. The minimum atomic E-state index is -0.840. The summed E-state index contributed by atoms with van der Waals surface area (Å²) in [6.45, 7) is 2.35. The van der Waals surface area contributed by atoms with Gasteiger partial charge in [0.2, 0.25) is 0 Å². The molecule has 3 heterocycles. The molecule has 0 spiro atoms. The summed E-state index contributed by atoms with van der Waals surface area (Å²) in [4.78, 5) is 19.7. The number of rotatable bonds is 5. The Morgan fingerprint density at radius 3 is 3.24 bits per heavy atom. The molecule has 0 amide bonds. The number of hydrogen-bond donors (Lipinski definition) is 1. The zero-order chi connectivity index (χ0) is 14.7. The number of pyridine rings is 1. The lowest BCUT2D eigenvalue weighted by Gasteiger charge is -2.23. The quantitative estimate of drug-likeness (QED) is 0.852. The van der Waals surface area contributed by atoms with Crippen LogP contribution in [0, 0.1) is 5.92 Å². The molecular formula is C14H17N3O3S. The van der Waals surface area contributed by atoms with Gasteiger partial charge in [-0.3, -0.25) is 4.79 Å². The van der Waals surface area contributed by atoms with Crippen LogP contribution in [0.5, 0.6) is 0 Å². The van der Waals surface area contributed by atoms with Gasteiger partial charge >= 0.3 is 5.97 Å². The molecular weight excluding hydrogens is 290 g/mol. The molecule has 2 aromatic rings. The van der Waals surface area contributed by atoms with E-state index >= 15 is 0 Å². The van der Waals surface area contributed by atoms with Crippen LogP contribution in [0.3, 0.4) is 0 Å². The lowest BCUT2D eigenvalue weighted by atomic mass is 10.0. The van der Waals surface area contributed by atoms with Gasteiger partial charge in [0.1, 0.15) is 5.52 Å². The first kappa shape index (κ1) is 14.3. The van der Waals surface area contributed by atoms with Crippen molar-refractivity contribution in [1.82, 2.24) is 14.5 Å². The number of aromatic nitrogens is 3. The minimum Gasteiger partial charge on any atom is -0.481 e. The molecule has 0 aliphatic carbocycles. The van der Waals surface area contributed by atoms with Gasteiger partial charge in [-0.25, -0.2) is 9.97 Å². The summed E-state index contributed by atoms with van der Waals surface area (Å²) >= 11 is 1.24. The summed E-state index contributed by atoms with van der Waals surface area (Å²) in [5.41, 5.74) is 1.62. The number of ether oxygens (including phenoxy) is 1. The van der Waals surface area contributed by atoms with Gasteiger partial charge in [-0.05, 0) is 25.0 Å². The minimum absolute atomic E-state index is 0.00445. The van der Waals surface area contributed by atoms with E-state index in [1.54, 1.807) is 6.20 Å². The highest BCUT2D eigenvalue weighted by atomic mass is 32.2. The molecule has 1 saturated heterocycles. The predicted molar refractivity (Wildman–Crippen MR) is 79.4 cm³/mol. The molecule has 7 heteroatoms. The average molecular weight is 307 g/mol. The molecule has 112 valence electrons. The average Bonchev–Trinajstić information content (AvgIpc) is 2.84. The predicted octanol–water partition coefficient (Wildman–Crippen LogP) is 2.03. The Morgan fingerprint density at radius 2 is 2.48 bits per heavy atom. The zero-order valence-corrected chi connectivity index (χ0v) is 12.4. The molecule has 3 rings (SSSR count). The van der Waals surface area contributed by atoms with Crippen molar-refractivity contribution < 1.29 is 14.6 Å². The molecule has 1 aliphatic heterocycles. The van der Waals surface area contributed by atoms with Crippen LogP contribution >= 0.6 is 11.8 Å². The molecule has 0 radical (unpaired) electrons. The first-order valence-electron chi connectivity index (χ1n) is 6.97. The number of imidazole rings is 1. The van der Waals surface area contributed by atoms with Crippen LogP contribution in [0.2, 0.25) is 0 Å². The highest BCUT2D eigenvalue weighted by Gasteiger charge is 2.19. The van der Waals surface area contributed by atoms with Gasteiger partial charge in [-0.1, -0.05) is 11.8 Å². The zero-order valence-electron chi connectivity index (χ0n) is 11.6. The van der Waals surface area contributed by atoms with E-state index in [2.05, 4.69) is 9.97 Å². The van der Waals surface area contributed by atoms with Crippen LogP contribution in [0.1, 0.15) is 12.8 Å². The highest BCUT2D eigenvalue weighted by molar-refractivity contribution is 7.99. The summed E-state index contributed by atoms with van der Waals surface area (Å²) in [6.07, 6.45) is 3.93. The first-order valence-corrected chi connectivity index (χ1v) is 7.96. The summed E-state index contributed by atoms with van der Waals surface area (Å²) in [7, 11) is 0. The van der Waals surface area contributed by atoms with Crippen LogP contribution in [0.25, 0.3) is 11.2 Å². The van der Waals surface area contributed by atoms with Crippen molar-refractivity contribution in [3.05, 3.63) is 18.3 Å². The van der Waals surface area contributed by atoms with Crippen molar-refractivity contribution in [1.29, 1.82) is 0 Å². The molecule has 2 aromatic heterocycles. The van der Waals surface area contributed by atoms with Gasteiger partial charge in [-0.2, -0.15) is 0 Å². The molecule has 0 aromatic carbocycles. The van der Waals surface area contributed by atoms with Crippen LogP contribution < -0.4 is 0 Å². The molecule has 6 nitrogen and oxygen atoms in total. The van der Waals surface area contributed by atoms with Crippen LogP contribution in [-0.4, -0.2) is 44.6 Å². The van der Waals surface area contributed by atoms with Gasteiger partial charge in [0.15, 0.2) is 10.8 Å². The fourth-order valence-electron chi connectivity index (χ4n) is 2.55. The number of carboxylic acids is 1. The summed E-state index contributed by atoms with van der Waals surface area (Å²) < 4.78 is 7.56. The third kappa shape index (κ3) is 3.36. The largest absolute Gasteiger partial charge is 0.481 e. The van der Waals surface area contributed by atoms with Crippen molar-refractivity contribution in [2.75, 3.05) is 19.0 Å². The van der Waals surface area contributed by atoms with E-state index in [1.807, 2.05) is 16.7 Å². The van der Waals surface area contributed by atoms with E-state index in [0.717, 1.165) is 48.9 Å².